The number of benzene rings is 1. The minimum atomic E-state index is -0.525. The van der Waals surface area contributed by atoms with E-state index in [1.165, 1.54) is 0 Å². The fraction of sp³-hybridized carbons (Fsp3) is 0.357. The van der Waals surface area contributed by atoms with Gasteiger partial charge in [-0.25, -0.2) is 0 Å². The second-order valence-electron chi connectivity index (χ2n) is 5.02. The van der Waals surface area contributed by atoms with Gasteiger partial charge in [0.05, 0.1) is 29.5 Å². The number of rotatable bonds is 5. The molecular formula is C14H17Cl3N4. The molecule has 0 amide bonds. The normalized spacial score (nSPS) is 12.9. The van der Waals surface area contributed by atoms with Gasteiger partial charge in [0.15, 0.2) is 0 Å². The maximum atomic E-state index is 6.34. The molecule has 114 valence electrons. The highest BCUT2D eigenvalue weighted by Crippen LogP contribution is 2.35. The number of nitrogens with two attached hydrogens (primary N) is 1. The number of aromatic nitrogens is 2. The molecule has 1 unspecified atom stereocenters. The minimum Gasteiger partial charge on any atom is -0.319 e. The smallest absolute Gasteiger partial charge is 0.0837 e. The van der Waals surface area contributed by atoms with Crippen molar-refractivity contribution in [2.45, 2.75) is 12.6 Å². The monoisotopic (exact) mass is 346 g/mol. The molecule has 2 aromatic rings. The fourth-order valence-electron chi connectivity index (χ4n) is 2.10. The zero-order valence-corrected chi connectivity index (χ0v) is 14.1. The van der Waals surface area contributed by atoms with Gasteiger partial charge in [0.1, 0.15) is 0 Å². The van der Waals surface area contributed by atoms with E-state index in [0.29, 0.717) is 32.9 Å². The molecule has 0 aliphatic carbocycles. The molecule has 7 heteroatoms. The summed E-state index contributed by atoms with van der Waals surface area (Å²) in [6.45, 7) is 1.51. The Kier molecular flexibility index (Phi) is 5.52. The van der Waals surface area contributed by atoms with Crippen molar-refractivity contribution in [2.24, 2.45) is 5.73 Å². The van der Waals surface area contributed by atoms with Crippen LogP contribution < -0.4 is 5.73 Å². The fourth-order valence-corrected chi connectivity index (χ4v) is 2.99. The van der Waals surface area contributed by atoms with Crippen molar-refractivity contribution in [3.05, 3.63) is 50.7 Å². The Bertz CT molecular complexity index is 604. The number of nitrogens with zero attached hydrogens (tertiary/aromatic N) is 3. The summed E-state index contributed by atoms with van der Waals surface area (Å²) in [5, 5.41) is 5.84. The van der Waals surface area contributed by atoms with Crippen LogP contribution in [-0.2, 0) is 6.54 Å². The lowest BCUT2D eigenvalue weighted by Gasteiger charge is -2.19. The van der Waals surface area contributed by atoms with E-state index in [2.05, 4.69) is 10.00 Å². The Balaban J connectivity index is 2.39. The summed E-state index contributed by atoms with van der Waals surface area (Å²) in [5.41, 5.74) is 7.72. The van der Waals surface area contributed by atoms with Crippen LogP contribution in [0.4, 0.5) is 0 Å². The third-order valence-electron chi connectivity index (χ3n) is 3.20. The van der Waals surface area contributed by atoms with Crippen LogP contribution in [0.2, 0.25) is 15.1 Å². The van der Waals surface area contributed by atoms with Gasteiger partial charge in [0.25, 0.3) is 0 Å². The Labute approximate surface area is 139 Å². The first-order valence-corrected chi connectivity index (χ1v) is 7.60. The van der Waals surface area contributed by atoms with Crippen LogP contribution in [0.5, 0.6) is 0 Å². The van der Waals surface area contributed by atoms with Gasteiger partial charge in [-0.05, 0) is 26.2 Å². The molecule has 0 spiro atoms. The Morgan fingerprint density at radius 1 is 1.19 bits per heavy atom. The summed E-state index contributed by atoms with van der Waals surface area (Å²) in [4.78, 5) is 2.06. The summed E-state index contributed by atoms with van der Waals surface area (Å²) < 4.78 is 1.80. The molecule has 0 aliphatic rings. The van der Waals surface area contributed by atoms with Gasteiger partial charge >= 0.3 is 0 Å². The van der Waals surface area contributed by atoms with Gasteiger partial charge < -0.3 is 10.6 Å². The predicted molar refractivity (Wildman–Crippen MR) is 88.3 cm³/mol. The highest BCUT2D eigenvalue weighted by molar-refractivity contribution is 6.36. The quantitative estimate of drug-likeness (QED) is 0.901. The summed E-state index contributed by atoms with van der Waals surface area (Å²) in [6, 6.07) is 4.78. The van der Waals surface area contributed by atoms with Crippen LogP contribution in [0.25, 0.3) is 0 Å². The largest absolute Gasteiger partial charge is 0.319 e. The van der Waals surface area contributed by atoms with E-state index in [1.54, 1.807) is 29.1 Å². The van der Waals surface area contributed by atoms with E-state index in [9.17, 15) is 0 Å². The van der Waals surface area contributed by atoms with Crippen molar-refractivity contribution in [1.82, 2.24) is 14.7 Å². The van der Waals surface area contributed by atoms with Crippen LogP contribution in [0, 0.1) is 0 Å². The van der Waals surface area contributed by atoms with Gasteiger partial charge in [0, 0.05) is 22.2 Å². The molecule has 0 aliphatic heterocycles. The lowest BCUT2D eigenvalue weighted by molar-refractivity contribution is 0.368. The van der Waals surface area contributed by atoms with Crippen molar-refractivity contribution in [3.8, 4) is 0 Å². The Morgan fingerprint density at radius 3 is 2.38 bits per heavy atom. The van der Waals surface area contributed by atoms with Crippen LogP contribution in [0.3, 0.4) is 0 Å². The first-order chi connectivity index (χ1) is 9.91. The van der Waals surface area contributed by atoms with E-state index < -0.39 is 6.04 Å². The minimum absolute atomic E-state index is 0.511. The summed E-state index contributed by atoms with van der Waals surface area (Å²) in [5.74, 6) is 0. The molecule has 2 N–H and O–H groups in total. The highest BCUT2D eigenvalue weighted by atomic mass is 35.5. The maximum absolute atomic E-state index is 6.34. The molecule has 0 bridgehead atoms. The summed E-state index contributed by atoms with van der Waals surface area (Å²) in [7, 11) is 3.99. The third kappa shape index (κ3) is 3.71. The van der Waals surface area contributed by atoms with E-state index in [4.69, 9.17) is 40.5 Å². The Hall–Kier alpha value is -0.780. The molecule has 1 aromatic carbocycles. The lowest BCUT2D eigenvalue weighted by Crippen LogP contribution is -2.24. The SMILES string of the molecule is CN(C)CCn1ncc(Cl)c1C(N)c1c(Cl)cccc1Cl. The van der Waals surface area contributed by atoms with E-state index in [-0.39, 0.29) is 0 Å². The second-order valence-corrected chi connectivity index (χ2v) is 6.24. The van der Waals surface area contributed by atoms with Crippen LogP contribution in [0.15, 0.2) is 24.4 Å². The summed E-state index contributed by atoms with van der Waals surface area (Å²) in [6.07, 6.45) is 1.59. The molecule has 2 rings (SSSR count). The molecule has 0 saturated carbocycles. The van der Waals surface area contributed by atoms with Crippen molar-refractivity contribution < 1.29 is 0 Å². The highest BCUT2D eigenvalue weighted by Gasteiger charge is 2.22. The van der Waals surface area contributed by atoms with Crippen molar-refractivity contribution in [2.75, 3.05) is 20.6 Å². The van der Waals surface area contributed by atoms with E-state index in [1.807, 2.05) is 14.1 Å². The molecular weight excluding hydrogens is 331 g/mol. The maximum Gasteiger partial charge on any atom is 0.0837 e. The molecule has 21 heavy (non-hydrogen) atoms. The predicted octanol–water partition coefficient (Wildman–Crippen LogP) is 3.45. The molecule has 1 heterocycles. The van der Waals surface area contributed by atoms with Gasteiger partial charge in [0.2, 0.25) is 0 Å². The molecule has 0 fully saturated rings. The zero-order valence-electron chi connectivity index (χ0n) is 11.9. The number of hydrogen-bond donors (Lipinski definition) is 1. The number of likely N-dealkylation sites (N-methyl/N-ethyl adjacent to an activating group) is 1. The number of hydrogen-bond acceptors (Lipinski definition) is 3. The average Bonchev–Trinajstić information content (AvgIpc) is 2.77. The topological polar surface area (TPSA) is 47.1 Å². The first-order valence-electron chi connectivity index (χ1n) is 6.47. The zero-order chi connectivity index (χ0) is 15.6. The van der Waals surface area contributed by atoms with E-state index >= 15 is 0 Å². The Morgan fingerprint density at radius 2 is 1.81 bits per heavy atom. The molecule has 4 nitrogen and oxygen atoms in total. The van der Waals surface area contributed by atoms with Gasteiger partial charge in [-0.1, -0.05) is 40.9 Å². The number of halogens is 3. The van der Waals surface area contributed by atoms with Crippen molar-refractivity contribution >= 4 is 34.8 Å². The molecule has 0 radical (unpaired) electrons. The average molecular weight is 348 g/mol. The third-order valence-corrected chi connectivity index (χ3v) is 4.15. The van der Waals surface area contributed by atoms with Gasteiger partial charge in [-0.3, -0.25) is 4.68 Å². The van der Waals surface area contributed by atoms with Crippen molar-refractivity contribution in [1.29, 1.82) is 0 Å². The lowest BCUT2D eigenvalue weighted by atomic mass is 10.0. The molecule has 1 aromatic heterocycles. The second kappa shape index (κ2) is 6.99. The molecule has 1 atom stereocenters. The summed E-state index contributed by atoms with van der Waals surface area (Å²) >= 11 is 18.7. The van der Waals surface area contributed by atoms with Crippen molar-refractivity contribution in [3.63, 3.8) is 0 Å². The first kappa shape index (κ1) is 16.6. The standard InChI is InChI=1S/C14H17Cl3N4/c1-20(2)6-7-21-14(11(17)8-19-21)13(18)12-9(15)4-3-5-10(12)16/h3-5,8,13H,6-7,18H2,1-2H3. The van der Waals surface area contributed by atoms with Crippen LogP contribution in [-0.4, -0.2) is 35.3 Å². The molecule has 0 saturated heterocycles. The van der Waals surface area contributed by atoms with Gasteiger partial charge in [-0.15, -0.1) is 0 Å². The van der Waals surface area contributed by atoms with Gasteiger partial charge in [-0.2, -0.15) is 5.10 Å². The van der Waals surface area contributed by atoms with Crippen LogP contribution >= 0.6 is 34.8 Å². The van der Waals surface area contributed by atoms with Crippen LogP contribution in [0.1, 0.15) is 17.3 Å². The van der Waals surface area contributed by atoms with E-state index in [0.717, 1.165) is 6.54 Å².